The molecule has 1 N–H and O–H groups in total. The van der Waals surface area contributed by atoms with Crippen LogP contribution in [0.15, 0.2) is 49.3 Å². The monoisotopic (exact) mass is 300 g/mol. The topological polar surface area (TPSA) is 85.6 Å². The van der Waals surface area contributed by atoms with Crippen molar-refractivity contribution in [3.05, 3.63) is 59.9 Å². The van der Waals surface area contributed by atoms with E-state index in [1.807, 2.05) is 0 Å². The molecule has 7 nitrogen and oxygen atoms in total. The van der Waals surface area contributed by atoms with E-state index < -0.39 is 0 Å². The summed E-state index contributed by atoms with van der Waals surface area (Å²) in [6, 6.07) is 8.25. The van der Waals surface area contributed by atoms with Crippen molar-refractivity contribution in [2.45, 2.75) is 0 Å². The molecular weight excluding hydrogens is 292 g/mol. The summed E-state index contributed by atoms with van der Waals surface area (Å²) in [5, 5.41) is 7.13. The van der Waals surface area contributed by atoms with Crippen molar-refractivity contribution >= 4 is 23.3 Å². The Morgan fingerprint density at radius 1 is 1.19 bits per heavy atom. The molecule has 0 bridgehead atoms. The van der Waals surface area contributed by atoms with E-state index in [4.69, 9.17) is 11.6 Å². The molecule has 3 rings (SSSR count). The first-order valence-electron chi connectivity index (χ1n) is 5.96. The number of nitrogens with zero attached hydrogens (tertiary/aromatic N) is 5. The molecular formula is C13H9ClN6O. The Hall–Kier alpha value is -2.80. The van der Waals surface area contributed by atoms with Gasteiger partial charge in [-0.1, -0.05) is 17.7 Å². The maximum atomic E-state index is 12.1. The third kappa shape index (κ3) is 3.03. The van der Waals surface area contributed by atoms with Crippen LogP contribution in [0.25, 0.3) is 5.82 Å². The summed E-state index contributed by atoms with van der Waals surface area (Å²) in [6.07, 6.45) is 4.24. The highest BCUT2D eigenvalue weighted by Gasteiger charge is 2.08. The smallest absolute Gasteiger partial charge is 0.256 e. The summed E-state index contributed by atoms with van der Waals surface area (Å²) in [5.74, 6) is 0.560. The molecule has 0 fully saturated rings. The molecule has 1 aromatic carbocycles. The van der Waals surface area contributed by atoms with Crippen molar-refractivity contribution in [3.63, 3.8) is 0 Å². The lowest BCUT2D eigenvalue weighted by Gasteiger charge is -2.06. The van der Waals surface area contributed by atoms with Crippen LogP contribution in [-0.2, 0) is 0 Å². The third-order valence-electron chi connectivity index (χ3n) is 2.63. The minimum atomic E-state index is -0.305. The van der Waals surface area contributed by atoms with E-state index in [1.165, 1.54) is 23.7 Å². The molecule has 0 unspecified atom stereocenters. The maximum Gasteiger partial charge on any atom is 0.256 e. The molecule has 0 aliphatic rings. The van der Waals surface area contributed by atoms with Crippen LogP contribution in [-0.4, -0.2) is 30.6 Å². The lowest BCUT2D eigenvalue weighted by atomic mass is 10.2. The van der Waals surface area contributed by atoms with Crippen LogP contribution in [0.5, 0.6) is 0 Å². The Labute approximate surface area is 124 Å². The summed E-state index contributed by atoms with van der Waals surface area (Å²) in [7, 11) is 0. The highest BCUT2D eigenvalue weighted by atomic mass is 35.5. The Morgan fingerprint density at radius 2 is 2.10 bits per heavy atom. The number of aromatic nitrogens is 5. The van der Waals surface area contributed by atoms with Gasteiger partial charge in [-0.3, -0.25) is 4.79 Å². The molecule has 2 heterocycles. The minimum Gasteiger partial charge on any atom is -0.306 e. The lowest BCUT2D eigenvalue weighted by molar-refractivity contribution is 0.102. The first kappa shape index (κ1) is 13.2. The van der Waals surface area contributed by atoms with Crippen molar-refractivity contribution < 1.29 is 4.79 Å². The van der Waals surface area contributed by atoms with Gasteiger partial charge in [-0.25, -0.2) is 19.6 Å². The molecule has 1 amide bonds. The predicted molar refractivity (Wildman–Crippen MR) is 76.4 cm³/mol. The molecule has 8 heteroatoms. The number of carbonyl (C=O) groups is 1. The number of amides is 1. The number of hydrogen-bond donors (Lipinski definition) is 1. The molecule has 0 radical (unpaired) electrons. The van der Waals surface area contributed by atoms with Gasteiger partial charge in [0.2, 0.25) is 0 Å². The van der Waals surface area contributed by atoms with Crippen LogP contribution in [0.1, 0.15) is 10.4 Å². The SMILES string of the molecule is O=C(Nc1cc(-n2cncn2)ncn1)c1cccc(Cl)c1. The van der Waals surface area contributed by atoms with Gasteiger partial charge in [0.1, 0.15) is 24.8 Å². The number of benzene rings is 1. The van der Waals surface area contributed by atoms with Gasteiger partial charge in [-0.2, -0.15) is 5.10 Å². The molecule has 21 heavy (non-hydrogen) atoms. The summed E-state index contributed by atoms with van der Waals surface area (Å²) >= 11 is 5.86. The molecule has 0 aliphatic carbocycles. The molecule has 0 aliphatic heterocycles. The van der Waals surface area contributed by atoms with E-state index in [0.717, 1.165) is 0 Å². The van der Waals surface area contributed by atoms with Gasteiger partial charge >= 0.3 is 0 Å². The van der Waals surface area contributed by atoms with Crippen LogP contribution in [0.4, 0.5) is 5.82 Å². The summed E-state index contributed by atoms with van der Waals surface area (Å²) in [4.78, 5) is 24.0. The van der Waals surface area contributed by atoms with Gasteiger partial charge in [0.25, 0.3) is 5.91 Å². The second-order valence-electron chi connectivity index (χ2n) is 4.07. The Kier molecular flexibility index (Phi) is 3.57. The van der Waals surface area contributed by atoms with Crippen LogP contribution in [0, 0.1) is 0 Å². The maximum absolute atomic E-state index is 12.1. The van der Waals surface area contributed by atoms with Gasteiger partial charge in [0, 0.05) is 16.7 Å². The number of hydrogen-bond acceptors (Lipinski definition) is 5. The van der Waals surface area contributed by atoms with E-state index in [0.29, 0.717) is 22.2 Å². The highest BCUT2D eigenvalue weighted by molar-refractivity contribution is 6.31. The Morgan fingerprint density at radius 3 is 2.86 bits per heavy atom. The normalized spacial score (nSPS) is 10.3. The van der Waals surface area contributed by atoms with E-state index >= 15 is 0 Å². The molecule has 0 saturated carbocycles. The fourth-order valence-electron chi connectivity index (χ4n) is 1.69. The van der Waals surface area contributed by atoms with Crippen LogP contribution < -0.4 is 5.32 Å². The number of carbonyl (C=O) groups excluding carboxylic acids is 1. The first-order chi connectivity index (χ1) is 10.2. The van der Waals surface area contributed by atoms with E-state index in [-0.39, 0.29) is 5.91 Å². The molecule has 3 aromatic rings. The van der Waals surface area contributed by atoms with Crippen molar-refractivity contribution in [1.29, 1.82) is 0 Å². The lowest BCUT2D eigenvalue weighted by Crippen LogP contribution is -2.13. The summed E-state index contributed by atoms with van der Waals surface area (Å²) in [6.45, 7) is 0. The third-order valence-corrected chi connectivity index (χ3v) is 2.87. The van der Waals surface area contributed by atoms with Gasteiger partial charge < -0.3 is 5.32 Å². The molecule has 2 aromatic heterocycles. The van der Waals surface area contributed by atoms with Crippen molar-refractivity contribution in [2.24, 2.45) is 0 Å². The van der Waals surface area contributed by atoms with Gasteiger partial charge in [0.05, 0.1) is 0 Å². The zero-order valence-electron chi connectivity index (χ0n) is 10.6. The Bertz CT molecular complexity index is 774. The van der Waals surface area contributed by atoms with Crippen LogP contribution in [0.2, 0.25) is 5.02 Å². The zero-order chi connectivity index (χ0) is 14.7. The van der Waals surface area contributed by atoms with Gasteiger partial charge in [-0.05, 0) is 18.2 Å². The fraction of sp³-hybridized carbons (Fsp3) is 0. The summed E-state index contributed by atoms with van der Waals surface area (Å²) in [5.41, 5.74) is 0.448. The second kappa shape index (κ2) is 5.68. The number of halogens is 1. The first-order valence-corrected chi connectivity index (χ1v) is 6.34. The largest absolute Gasteiger partial charge is 0.306 e. The molecule has 0 saturated heterocycles. The average molecular weight is 301 g/mol. The van der Waals surface area contributed by atoms with Crippen LogP contribution in [0.3, 0.4) is 0 Å². The number of rotatable bonds is 3. The minimum absolute atomic E-state index is 0.305. The molecule has 104 valence electrons. The van der Waals surface area contributed by atoms with Gasteiger partial charge in [-0.15, -0.1) is 0 Å². The molecule has 0 spiro atoms. The van der Waals surface area contributed by atoms with Crippen molar-refractivity contribution in [3.8, 4) is 5.82 Å². The molecule has 0 atom stereocenters. The van der Waals surface area contributed by atoms with Crippen molar-refractivity contribution in [2.75, 3.05) is 5.32 Å². The van der Waals surface area contributed by atoms with Crippen LogP contribution >= 0.6 is 11.6 Å². The summed E-state index contributed by atoms with van der Waals surface area (Å²) < 4.78 is 1.47. The second-order valence-corrected chi connectivity index (χ2v) is 4.50. The Balaban J connectivity index is 1.82. The van der Waals surface area contributed by atoms with Gasteiger partial charge in [0.15, 0.2) is 5.82 Å². The van der Waals surface area contributed by atoms with E-state index in [2.05, 4.69) is 25.4 Å². The number of nitrogens with one attached hydrogen (secondary N) is 1. The average Bonchev–Trinajstić information content (AvgIpc) is 3.02. The number of anilines is 1. The predicted octanol–water partition coefficient (Wildman–Crippen LogP) is 1.96. The highest BCUT2D eigenvalue weighted by Crippen LogP contribution is 2.13. The standard InChI is InChI=1S/C13H9ClN6O/c14-10-3-1-2-9(4-10)13(21)19-11-5-12(17-7-16-11)20-8-15-6-18-20/h1-8H,(H,16,17,19,21). The van der Waals surface area contributed by atoms with E-state index in [9.17, 15) is 4.79 Å². The quantitative estimate of drug-likeness (QED) is 0.799. The van der Waals surface area contributed by atoms with E-state index in [1.54, 1.807) is 30.3 Å². The van der Waals surface area contributed by atoms with Crippen molar-refractivity contribution in [1.82, 2.24) is 24.7 Å². The fourth-order valence-corrected chi connectivity index (χ4v) is 1.88. The zero-order valence-corrected chi connectivity index (χ0v) is 11.4.